The Morgan fingerprint density at radius 2 is 1.93 bits per heavy atom. The van der Waals surface area contributed by atoms with Crippen LogP contribution < -0.4 is 5.32 Å². The van der Waals surface area contributed by atoms with Gasteiger partial charge in [0.25, 0.3) is 5.91 Å². The van der Waals surface area contributed by atoms with E-state index in [0.29, 0.717) is 18.0 Å². The van der Waals surface area contributed by atoms with Crippen molar-refractivity contribution in [2.45, 2.75) is 38.0 Å². The molecule has 0 bridgehead atoms. The molecule has 1 aromatic carbocycles. The van der Waals surface area contributed by atoms with Gasteiger partial charge < -0.3 is 10.1 Å². The summed E-state index contributed by atoms with van der Waals surface area (Å²) in [6, 6.07) is 5.93. The molecule has 3 rings (SSSR count). The van der Waals surface area contributed by atoms with E-state index < -0.39 is 28.5 Å². The molecule has 10 heteroatoms. The molecule has 1 aliphatic rings. The van der Waals surface area contributed by atoms with Gasteiger partial charge >= 0.3 is 5.97 Å². The van der Waals surface area contributed by atoms with Gasteiger partial charge in [0.15, 0.2) is 6.61 Å². The predicted octanol–water partition coefficient (Wildman–Crippen LogP) is 3.72. The molecule has 0 spiro atoms. The number of esters is 1. The van der Waals surface area contributed by atoms with Gasteiger partial charge in [0.05, 0.1) is 15.6 Å². The van der Waals surface area contributed by atoms with Crippen molar-refractivity contribution in [1.82, 2.24) is 4.31 Å². The minimum Gasteiger partial charge on any atom is -0.451 e. The molecule has 1 aliphatic carbocycles. The third kappa shape index (κ3) is 4.85. The van der Waals surface area contributed by atoms with Gasteiger partial charge in [-0.3, -0.25) is 4.79 Å². The van der Waals surface area contributed by atoms with Crippen LogP contribution in [0.15, 0.2) is 29.2 Å². The summed E-state index contributed by atoms with van der Waals surface area (Å²) in [4.78, 5) is 26.1. The molecule has 1 amide bonds. The van der Waals surface area contributed by atoms with Crippen LogP contribution in [0, 0.1) is 0 Å². The van der Waals surface area contributed by atoms with Crippen molar-refractivity contribution in [3.8, 4) is 0 Å². The molecule has 1 N–H and O–H groups in total. The number of carbonyl (C=O) groups excluding carboxylic acids is 2. The molecule has 1 heterocycles. The number of ether oxygens (including phenoxy) is 1. The summed E-state index contributed by atoms with van der Waals surface area (Å²) in [6.07, 6.45) is 3.03. The number of hydrogen-bond acceptors (Lipinski definition) is 6. The molecule has 0 saturated heterocycles. The predicted molar refractivity (Wildman–Crippen MR) is 117 cm³/mol. The van der Waals surface area contributed by atoms with Gasteiger partial charge in [-0.25, -0.2) is 13.2 Å². The normalized spacial score (nSPS) is 13.3. The number of nitrogens with zero attached hydrogens (tertiary/aromatic N) is 1. The zero-order chi connectivity index (χ0) is 21.9. The molecule has 2 aromatic rings. The summed E-state index contributed by atoms with van der Waals surface area (Å²) in [5.41, 5.74) is 1.32. The van der Waals surface area contributed by atoms with E-state index in [1.54, 1.807) is 13.8 Å². The van der Waals surface area contributed by atoms with Crippen LogP contribution in [0.5, 0.6) is 0 Å². The Hall–Kier alpha value is -1.94. The molecule has 7 nitrogen and oxygen atoms in total. The van der Waals surface area contributed by atoms with E-state index in [4.69, 9.17) is 16.3 Å². The Bertz CT molecular complexity index is 1040. The van der Waals surface area contributed by atoms with Gasteiger partial charge in [-0.15, -0.1) is 11.3 Å². The van der Waals surface area contributed by atoms with Gasteiger partial charge in [0, 0.05) is 18.0 Å². The fourth-order valence-corrected chi connectivity index (χ4v) is 6.09. The number of anilines is 1. The van der Waals surface area contributed by atoms with Crippen LogP contribution in [0.2, 0.25) is 5.02 Å². The third-order valence-electron chi connectivity index (χ3n) is 4.84. The average molecular weight is 471 g/mol. The van der Waals surface area contributed by atoms with E-state index >= 15 is 0 Å². The number of carbonyl (C=O) groups is 2. The van der Waals surface area contributed by atoms with Crippen LogP contribution in [0.4, 0.5) is 5.69 Å². The zero-order valence-corrected chi connectivity index (χ0v) is 19.1. The largest absolute Gasteiger partial charge is 0.451 e. The number of rotatable bonds is 8. The van der Waals surface area contributed by atoms with Gasteiger partial charge in [0.2, 0.25) is 10.0 Å². The molecule has 0 unspecified atom stereocenters. The molecule has 0 radical (unpaired) electrons. The lowest BCUT2D eigenvalue weighted by atomic mass is 10.2. The first-order valence-electron chi connectivity index (χ1n) is 9.64. The highest BCUT2D eigenvalue weighted by molar-refractivity contribution is 7.89. The Morgan fingerprint density at radius 1 is 1.20 bits per heavy atom. The number of fused-ring (bicyclic) bond motifs is 1. The first kappa shape index (κ1) is 22.7. The van der Waals surface area contributed by atoms with Crippen LogP contribution in [-0.2, 0) is 32.4 Å². The standard InChI is InChI=1S/C20H23ClN2O5S2/c1-3-23(4-2)30(26,27)14-8-9-15(21)16(11-14)22-19(24)12-28-20(25)18-10-13-6-5-7-17(13)29-18/h8-11H,3-7,12H2,1-2H3,(H,22,24). The zero-order valence-electron chi connectivity index (χ0n) is 16.7. The molecular formula is C20H23ClN2O5S2. The lowest BCUT2D eigenvalue weighted by Gasteiger charge is -2.19. The Balaban J connectivity index is 1.65. The van der Waals surface area contributed by atoms with Crippen molar-refractivity contribution < 1.29 is 22.7 Å². The van der Waals surface area contributed by atoms with E-state index in [1.165, 1.54) is 44.3 Å². The van der Waals surface area contributed by atoms with E-state index in [2.05, 4.69) is 5.32 Å². The number of aryl methyl sites for hydroxylation is 2. The Labute approximate surface area is 185 Å². The van der Waals surface area contributed by atoms with Crippen molar-refractivity contribution in [2.24, 2.45) is 0 Å². The van der Waals surface area contributed by atoms with Gasteiger partial charge in [0.1, 0.15) is 4.88 Å². The van der Waals surface area contributed by atoms with E-state index in [9.17, 15) is 18.0 Å². The highest BCUT2D eigenvalue weighted by atomic mass is 35.5. The van der Waals surface area contributed by atoms with Crippen LogP contribution in [0.25, 0.3) is 0 Å². The summed E-state index contributed by atoms with van der Waals surface area (Å²) < 4.78 is 31.8. The summed E-state index contributed by atoms with van der Waals surface area (Å²) in [7, 11) is -3.70. The van der Waals surface area contributed by atoms with Crippen molar-refractivity contribution in [3.63, 3.8) is 0 Å². The second kappa shape index (κ2) is 9.47. The van der Waals surface area contributed by atoms with Crippen LogP contribution in [0.3, 0.4) is 0 Å². The molecular weight excluding hydrogens is 448 g/mol. The third-order valence-corrected chi connectivity index (χ3v) is 8.43. The fourth-order valence-electron chi connectivity index (χ4n) is 3.29. The highest BCUT2D eigenvalue weighted by Gasteiger charge is 2.23. The molecule has 1 aromatic heterocycles. The molecule has 0 atom stereocenters. The minimum absolute atomic E-state index is 0.0241. The van der Waals surface area contributed by atoms with Gasteiger partial charge in [-0.2, -0.15) is 4.31 Å². The molecule has 162 valence electrons. The van der Waals surface area contributed by atoms with Crippen molar-refractivity contribution >= 4 is 50.5 Å². The fraction of sp³-hybridized carbons (Fsp3) is 0.400. The van der Waals surface area contributed by atoms with Crippen molar-refractivity contribution in [3.05, 3.63) is 44.6 Å². The van der Waals surface area contributed by atoms with Gasteiger partial charge in [-0.05, 0) is 49.1 Å². The molecule has 0 fully saturated rings. The van der Waals surface area contributed by atoms with Crippen LogP contribution >= 0.6 is 22.9 Å². The summed E-state index contributed by atoms with van der Waals surface area (Å²) in [5.74, 6) is -1.15. The second-order valence-electron chi connectivity index (χ2n) is 6.77. The lowest BCUT2D eigenvalue weighted by molar-refractivity contribution is -0.119. The summed E-state index contributed by atoms with van der Waals surface area (Å²) in [5, 5.41) is 2.70. The number of benzene rings is 1. The number of amides is 1. The number of halogens is 1. The maximum absolute atomic E-state index is 12.7. The minimum atomic E-state index is -3.70. The Morgan fingerprint density at radius 3 is 2.60 bits per heavy atom. The number of thiophene rings is 1. The molecule has 30 heavy (non-hydrogen) atoms. The van der Waals surface area contributed by atoms with E-state index in [1.807, 2.05) is 6.07 Å². The first-order chi connectivity index (χ1) is 14.3. The highest BCUT2D eigenvalue weighted by Crippen LogP contribution is 2.31. The smallest absolute Gasteiger partial charge is 0.348 e. The SMILES string of the molecule is CCN(CC)S(=O)(=O)c1ccc(Cl)c(NC(=O)COC(=O)c2cc3c(s2)CCC3)c1. The molecule has 0 aliphatic heterocycles. The maximum atomic E-state index is 12.7. The number of hydrogen-bond donors (Lipinski definition) is 1. The molecule has 0 saturated carbocycles. The lowest BCUT2D eigenvalue weighted by Crippen LogP contribution is -2.30. The van der Waals surface area contributed by atoms with Crippen molar-refractivity contribution in [1.29, 1.82) is 0 Å². The van der Waals surface area contributed by atoms with E-state index in [-0.39, 0.29) is 15.6 Å². The summed E-state index contributed by atoms with van der Waals surface area (Å²) >= 11 is 7.51. The van der Waals surface area contributed by atoms with Crippen molar-refractivity contribution in [2.75, 3.05) is 25.0 Å². The first-order valence-corrected chi connectivity index (χ1v) is 12.3. The number of nitrogens with one attached hydrogen (secondary N) is 1. The maximum Gasteiger partial charge on any atom is 0.348 e. The van der Waals surface area contributed by atoms with Crippen LogP contribution in [0.1, 0.15) is 40.4 Å². The average Bonchev–Trinajstić information content (AvgIpc) is 3.30. The van der Waals surface area contributed by atoms with Crippen LogP contribution in [-0.4, -0.2) is 44.3 Å². The quantitative estimate of drug-likeness (QED) is 0.593. The number of sulfonamides is 1. The topological polar surface area (TPSA) is 92.8 Å². The summed E-state index contributed by atoms with van der Waals surface area (Å²) in [6.45, 7) is 3.65. The monoisotopic (exact) mass is 470 g/mol. The van der Waals surface area contributed by atoms with E-state index in [0.717, 1.165) is 19.3 Å². The second-order valence-corrected chi connectivity index (χ2v) is 10.2. The van der Waals surface area contributed by atoms with Gasteiger partial charge in [-0.1, -0.05) is 25.4 Å². The Kier molecular flexibility index (Phi) is 7.18.